The van der Waals surface area contributed by atoms with Crippen molar-refractivity contribution in [2.24, 2.45) is 5.92 Å². The molecule has 1 unspecified atom stereocenters. The lowest BCUT2D eigenvalue weighted by molar-refractivity contribution is -0.140. The number of rotatable bonds is 7. The van der Waals surface area contributed by atoms with Gasteiger partial charge < -0.3 is 19.9 Å². The topological polar surface area (TPSA) is 90.9 Å². The Balaban J connectivity index is 0.000000256. The molecule has 1 atom stereocenters. The molecule has 3 aromatic rings. The summed E-state index contributed by atoms with van der Waals surface area (Å²) in [7, 11) is 2.79. The number of amides is 1. The van der Waals surface area contributed by atoms with Gasteiger partial charge in [0.2, 0.25) is 5.95 Å². The van der Waals surface area contributed by atoms with Gasteiger partial charge in [-0.05, 0) is 62.4 Å². The molecule has 240 valence electrons. The van der Waals surface area contributed by atoms with Crippen molar-refractivity contribution in [3.63, 3.8) is 0 Å². The van der Waals surface area contributed by atoms with Gasteiger partial charge in [-0.1, -0.05) is 50.1 Å². The van der Waals surface area contributed by atoms with Crippen LogP contribution in [-0.2, 0) is 11.3 Å². The van der Waals surface area contributed by atoms with E-state index in [1.54, 1.807) is 23.1 Å². The first-order chi connectivity index (χ1) is 21.6. The molecule has 2 aliphatic heterocycles. The fraction of sp³-hybridized carbons (Fsp3) is 0.471. The molecule has 1 saturated heterocycles. The van der Waals surface area contributed by atoms with Crippen LogP contribution in [0.3, 0.4) is 0 Å². The first-order valence-electron chi connectivity index (χ1n) is 15.6. The summed E-state index contributed by atoms with van der Waals surface area (Å²) in [4.78, 5) is 37.8. The lowest BCUT2D eigenvalue weighted by Gasteiger charge is -2.31. The maximum atomic E-state index is 14.7. The molecule has 3 aliphatic rings. The molecule has 1 aliphatic carbocycles. The van der Waals surface area contributed by atoms with Gasteiger partial charge >= 0.3 is 5.92 Å². The molecule has 0 bridgehead atoms. The first-order valence-corrected chi connectivity index (χ1v) is 15.6. The number of nitrogens with one attached hydrogen (secondary N) is 1. The Morgan fingerprint density at radius 3 is 2.49 bits per heavy atom. The first kappa shape index (κ1) is 32.3. The number of methoxy groups -OCH3 is 1. The number of fused-ring (bicyclic) bond motifs is 1. The molecule has 2 aromatic carbocycles. The highest BCUT2D eigenvalue weighted by atomic mass is 19.3. The predicted octanol–water partition coefficient (Wildman–Crippen LogP) is 6.32. The molecule has 45 heavy (non-hydrogen) atoms. The minimum absolute atomic E-state index is 0.100. The van der Waals surface area contributed by atoms with Crippen molar-refractivity contribution < 1.29 is 23.1 Å². The Morgan fingerprint density at radius 1 is 1.11 bits per heavy atom. The van der Waals surface area contributed by atoms with Gasteiger partial charge in [-0.3, -0.25) is 14.5 Å². The lowest BCUT2D eigenvalue weighted by Crippen LogP contribution is -2.48. The van der Waals surface area contributed by atoms with E-state index in [0.29, 0.717) is 22.8 Å². The molecule has 0 spiro atoms. The average molecular weight is 621 g/mol. The number of likely N-dealkylation sites (tertiary alicyclic amines) is 1. The highest BCUT2D eigenvalue weighted by molar-refractivity contribution is 6.02. The van der Waals surface area contributed by atoms with Gasteiger partial charge in [0.05, 0.1) is 25.5 Å². The van der Waals surface area contributed by atoms with Crippen LogP contribution in [0.5, 0.6) is 5.75 Å². The van der Waals surface area contributed by atoms with Crippen LogP contribution in [0.1, 0.15) is 61.9 Å². The van der Waals surface area contributed by atoms with Gasteiger partial charge in [-0.15, -0.1) is 0 Å². The lowest BCUT2D eigenvalue weighted by atomic mass is 10.1. The third kappa shape index (κ3) is 7.58. The smallest absolute Gasteiger partial charge is 0.342 e. The molecule has 11 heteroatoms. The van der Waals surface area contributed by atoms with E-state index in [2.05, 4.69) is 57.4 Å². The van der Waals surface area contributed by atoms with Gasteiger partial charge in [-0.25, -0.2) is 4.98 Å². The minimum Gasteiger partial charge on any atom is -0.495 e. The van der Waals surface area contributed by atoms with Crippen LogP contribution >= 0.6 is 0 Å². The average Bonchev–Trinajstić information content (AvgIpc) is 3.71. The summed E-state index contributed by atoms with van der Waals surface area (Å²) < 4.78 is 34.7. The molecule has 1 N–H and O–H groups in total. The largest absolute Gasteiger partial charge is 0.495 e. The summed E-state index contributed by atoms with van der Waals surface area (Å²) in [6.07, 6.45) is 6.17. The second-order valence-corrected chi connectivity index (χ2v) is 12.2. The number of aromatic nitrogens is 2. The Kier molecular flexibility index (Phi) is 9.96. The zero-order valence-electron chi connectivity index (χ0n) is 26.4. The summed E-state index contributed by atoms with van der Waals surface area (Å²) in [5.41, 5.74) is 2.69. The summed E-state index contributed by atoms with van der Waals surface area (Å²) in [6, 6.07) is 15.5. The molecule has 6 rings (SSSR count). The number of anilines is 4. The Hall–Kier alpha value is -4.12. The van der Waals surface area contributed by atoms with Gasteiger partial charge in [0.1, 0.15) is 11.4 Å². The van der Waals surface area contributed by atoms with Crippen LogP contribution in [0.25, 0.3) is 0 Å². The number of carbonyl (C=O) groups excluding carboxylic acids is 2. The number of hydrogen-bond acceptors (Lipinski definition) is 8. The van der Waals surface area contributed by atoms with Crippen molar-refractivity contribution in [1.82, 2.24) is 14.9 Å². The maximum Gasteiger partial charge on any atom is 0.342 e. The van der Waals surface area contributed by atoms with Crippen molar-refractivity contribution in [3.8, 4) is 5.75 Å². The highest BCUT2D eigenvalue weighted by Gasteiger charge is 2.48. The number of ketones is 1. The molecule has 1 amide bonds. The normalized spacial score (nSPS) is 19.9. The van der Waals surface area contributed by atoms with Crippen LogP contribution in [0.15, 0.2) is 54.7 Å². The Morgan fingerprint density at radius 2 is 1.84 bits per heavy atom. The van der Waals surface area contributed by atoms with Crippen LogP contribution in [0.4, 0.5) is 31.9 Å². The predicted molar refractivity (Wildman–Crippen MR) is 172 cm³/mol. The quantitative estimate of drug-likeness (QED) is 0.307. The number of nitrogens with zero attached hydrogens (tertiary/aromatic N) is 5. The molecule has 9 nitrogen and oxygen atoms in total. The molecule has 0 radical (unpaired) electrons. The summed E-state index contributed by atoms with van der Waals surface area (Å²) in [5, 5.41) is 3.04. The SMILES string of the molecule is CC1CCN(Cc2ccccc2)C1.COc1cc(C(C)=O)ccc1Nc1ncc2c(n1)N(C1CCCC1)CC(F)(F)C(=O)N2C. The van der Waals surface area contributed by atoms with Gasteiger partial charge in [0, 0.05) is 31.7 Å². The maximum absolute atomic E-state index is 14.7. The number of Topliss-reactive ketones (excluding diaryl/α,β-unsaturated/α-hetero) is 1. The van der Waals surface area contributed by atoms with Crippen molar-refractivity contribution in [1.29, 1.82) is 0 Å². The van der Waals surface area contributed by atoms with Crippen molar-refractivity contribution in [2.75, 3.05) is 48.9 Å². The van der Waals surface area contributed by atoms with Crippen molar-refractivity contribution >= 4 is 34.8 Å². The fourth-order valence-corrected chi connectivity index (χ4v) is 6.25. The number of ether oxygens (including phenoxy) is 1. The number of alkyl halides is 2. The molecular formula is C34H42F2N6O3. The van der Waals surface area contributed by atoms with E-state index in [-0.39, 0.29) is 23.5 Å². The van der Waals surface area contributed by atoms with Gasteiger partial charge in [0.25, 0.3) is 5.91 Å². The van der Waals surface area contributed by atoms with Crippen LogP contribution in [-0.4, -0.2) is 72.3 Å². The van der Waals surface area contributed by atoms with Crippen LogP contribution < -0.4 is 19.9 Å². The van der Waals surface area contributed by atoms with E-state index in [1.165, 1.54) is 52.4 Å². The fourth-order valence-electron chi connectivity index (χ4n) is 6.25. The molecule has 3 heterocycles. The third-order valence-electron chi connectivity index (χ3n) is 8.75. The summed E-state index contributed by atoms with van der Waals surface area (Å²) in [5.74, 6) is -3.13. The number of halogens is 2. The summed E-state index contributed by atoms with van der Waals surface area (Å²) in [6.45, 7) is 6.75. The Labute approximate surface area is 263 Å². The number of carbonyl (C=O) groups is 2. The van der Waals surface area contributed by atoms with E-state index >= 15 is 0 Å². The monoisotopic (exact) mass is 620 g/mol. The van der Waals surface area contributed by atoms with E-state index < -0.39 is 18.4 Å². The second kappa shape index (κ2) is 13.9. The third-order valence-corrected chi connectivity index (χ3v) is 8.75. The van der Waals surface area contributed by atoms with Crippen molar-refractivity contribution in [2.45, 2.75) is 64.5 Å². The van der Waals surface area contributed by atoms with Crippen LogP contribution in [0, 0.1) is 5.92 Å². The van der Waals surface area contributed by atoms with E-state index in [1.807, 2.05) is 0 Å². The van der Waals surface area contributed by atoms with Crippen molar-refractivity contribution in [3.05, 3.63) is 65.9 Å². The molecular weight excluding hydrogens is 578 g/mol. The van der Waals surface area contributed by atoms with E-state index in [9.17, 15) is 18.4 Å². The number of hydrogen-bond donors (Lipinski definition) is 1. The Bertz CT molecular complexity index is 1500. The number of benzene rings is 2. The zero-order valence-corrected chi connectivity index (χ0v) is 26.4. The molecule has 2 fully saturated rings. The highest BCUT2D eigenvalue weighted by Crippen LogP contribution is 2.40. The van der Waals surface area contributed by atoms with Gasteiger partial charge in [-0.2, -0.15) is 13.8 Å². The van der Waals surface area contributed by atoms with E-state index in [4.69, 9.17) is 4.74 Å². The molecule has 1 aromatic heterocycles. The minimum atomic E-state index is -3.53. The van der Waals surface area contributed by atoms with Gasteiger partial charge in [0.15, 0.2) is 11.6 Å². The molecule has 1 saturated carbocycles. The van der Waals surface area contributed by atoms with Crippen LogP contribution in [0.2, 0.25) is 0 Å². The standard InChI is InChI=1S/C22H25F2N5O3.C12H17N/c1-13(30)14-8-9-16(18(10-14)32-3)26-21-25-11-17-19(27-21)29(15-6-4-5-7-15)12-22(23,24)20(31)28(17)2;1-11-7-8-13(9-11)10-12-5-3-2-4-6-12/h8-11,15H,4-7,12H2,1-3H3,(H,25,26,27);2-6,11H,7-10H2,1H3. The van der Waals surface area contributed by atoms with E-state index in [0.717, 1.165) is 43.0 Å². The summed E-state index contributed by atoms with van der Waals surface area (Å²) >= 11 is 0. The second-order valence-electron chi connectivity index (χ2n) is 12.2. The zero-order chi connectivity index (χ0) is 32.1.